The van der Waals surface area contributed by atoms with Gasteiger partial charge in [0.15, 0.2) is 0 Å². The molecule has 4 rings (SSSR count). The van der Waals surface area contributed by atoms with Gasteiger partial charge in [-0.05, 0) is 74.1 Å². The van der Waals surface area contributed by atoms with E-state index in [9.17, 15) is 23.1 Å². The number of ether oxygens (including phenoxy) is 3. The number of hydrogen-bond acceptors (Lipinski definition) is 5. The van der Waals surface area contributed by atoms with Crippen LogP contribution in [-0.4, -0.2) is 43.1 Å². The lowest BCUT2D eigenvalue weighted by atomic mass is 9.91. The first kappa shape index (κ1) is 27.1. The van der Waals surface area contributed by atoms with E-state index in [2.05, 4.69) is 5.32 Å². The molecule has 2 aromatic carbocycles. The van der Waals surface area contributed by atoms with Gasteiger partial charge >= 0.3 is 12.1 Å². The first-order valence-electron chi connectivity index (χ1n) is 12.8. The van der Waals surface area contributed by atoms with Crippen molar-refractivity contribution in [1.29, 1.82) is 0 Å². The number of nitrogens with one attached hydrogen (secondary N) is 1. The third-order valence-corrected chi connectivity index (χ3v) is 7.00. The second kappa shape index (κ2) is 12.1. The molecule has 0 heterocycles. The lowest BCUT2D eigenvalue weighted by molar-refractivity contribution is -0.137. The third kappa shape index (κ3) is 8.28. The van der Waals surface area contributed by atoms with Crippen molar-refractivity contribution < 1.29 is 37.3 Å². The van der Waals surface area contributed by atoms with Gasteiger partial charge in [0.1, 0.15) is 17.2 Å². The van der Waals surface area contributed by atoms with Crippen molar-refractivity contribution in [3.63, 3.8) is 0 Å². The quantitative estimate of drug-likeness (QED) is 0.352. The van der Waals surface area contributed by atoms with Crippen LogP contribution in [0.5, 0.6) is 17.2 Å². The second-order valence-electron chi connectivity index (χ2n) is 9.94. The molecule has 0 saturated heterocycles. The van der Waals surface area contributed by atoms with Crippen LogP contribution >= 0.6 is 0 Å². The van der Waals surface area contributed by atoms with E-state index in [-0.39, 0.29) is 31.1 Å². The van der Waals surface area contributed by atoms with Gasteiger partial charge < -0.3 is 24.6 Å². The van der Waals surface area contributed by atoms with E-state index in [0.29, 0.717) is 23.0 Å². The molecule has 2 aromatic rings. The Hall–Kier alpha value is -2.94. The van der Waals surface area contributed by atoms with E-state index in [1.54, 1.807) is 18.2 Å². The Kier molecular flexibility index (Phi) is 8.84. The Bertz CT molecular complexity index is 1050. The molecular formula is C28H34F3NO5. The lowest BCUT2D eigenvalue weighted by Crippen LogP contribution is -2.31. The number of hydrogen-bond donors (Lipinski definition) is 2. The zero-order valence-corrected chi connectivity index (χ0v) is 20.9. The number of carbonyl (C=O) groups is 1. The lowest BCUT2D eigenvalue weighted by Gasteiger charge is -2.30. The van der Waals surface area contributed by atoms with E-state index < -0.39 is 18.7 Å². The molecule has 2 N–H and O–H groups in total. The highest BCUT2D eigenvalue weighted by molar-refractivity contribution is 5.68. The van der Waals surface area contributed by atoms with Crippen molar-refractivity contribution in [1.82, 2.24) is 5.32 Å². The zero-order chi connectivity index (χ0) is 26.4. The first-order chi connectivity index (χ1) is 17.7. The average Bonchev–Trinajstić information content (AvgIpc) is 3.69. The molecule has 6 nitrogen and oxygen atoms in total. The van der Waals surface area contributed by atoms with Crippen molar-refractivity contribution in [2.75, 3.05) is 13.7 Å². The van der Waals surface area contributed by atoms with Gasteiger partial charge in [0.25, 0.3) is 0 Å². The molecular weight excluding hydrogens is 487 g/mol. The molecule has 37 heavy (non-hydrogen) atoms. The monoisotopic (exact) mass is 521 g/mol. The molecule has 9 heteroatoms. The van der Waals surface area contributed by atoms with Crippen LogP contribution in [0, 0.1) is 5.92 Å². The van der Waals surface area contributed by atoms with Crippen molar-refractivity contribution in [2.45, 2.75) is 75.8 Å². The van der Waals surface area contributed by atoms with Gasteiger partial charge in [0.2, 0.25) is 0 Å². The van der Waals surface area contributed by atoms with Gasteiger partial charge in [-0.15, -0.1) is 0 Å². The summed E-state index contributed by atoms with van der Waals surface area (Å²) in [7, 11) is 1.53. The molecule has 0 radical (unpaired) electrons. The molecule has 2 aliphatic carbocycles. The Labute approximate surface area is 215 Å². The topological polar surface area (TPSA) is 77.0 Å². The normalized spacial score (nSPS) is 20.8. The SMILES string of the molecule is COc1ccc(CNCC(F)(F)F)c(OC2CCC(Oc3cccc(C(CC(=O)O)C4CC4)c3)CC2)c1. The van der Waals surface area contributed by atoms with Crippen LogP contribution < -0.4 is 19.5 Å². The van der Waals surface area contributed by atoms with E-state index in [1.165, 1.54) is 7.11 Å². The first-order valence-corrected chi connectivity index (χ1v) is 12.8. The van der Waals surface area contributed by atoms with E-state index in [0.717, 1.165) is 49.8 Å². The fraction of sp³-hybridized carbons (Fsp3) is 0.536. The molecule has 0 spiro atoms. The van der Waals surface area contributed by atoms with Gasteiger partial charge in [-0.1, -0.05) is 18.2 Å². The number of aliphatic carboxylic acids is 1. The van der Waals surface area contributed by atoms with Crippen LogP contribution in [0.4, 0.5) is 13.2 Å². The Morgan fingerprint density at radius 1 is 1.00 bits per heavy atom. The largest absolute Gasteiger partial charge is 0.497 e. The van der Waals surface area contributed by atoms with Crippen molar-refractivity contribution in [3.8, 4) is 17.2 Å². The summed E-state index contributed by atoms with van der Waals surface area (Å²) >= 11 is 0. The highest BCUT2D eigenvalue weighted by Gasteiger charge is 2.34. The predicted octanol–water partition coefficient (Wildman–Crippen LogP) is 6.08. The molecule has 202 valence electrons. The van der Waals surface area contributed by atoms with Gasteiger partial charge in [-0.2, -0.15) is 13.2 Å². The zero-order valence-electron chi connectivity index (χ0n) is 20.9. The Morgan fingerprint density at radius 3 is 2.32 bits per heavy atom. The summed E-state index contributed by atoms with van der Waals surface area (Å²) in [6.45, 7) is -1.03. The van der Waals surface area contributed by atoms with E-state index >= 15 is 0 Å². The number of methoxy groups -OCH3 is 1. The van der Waals surface area contributed by atoms with Gasteiger partial charge in [0, 0.05) is 18.2 Å². The van der Waals surface area contributed by atoms with Crippen molar-refractivity contribution in [3.05, 3.63) is 53.6 Å². The van der Waals surface area contributed by atoms with Crippen LogP contribution in [0.15, 0.2) is 42.5 Å². The maximum atomic E-state index is 12.5. The van der Waals surface area contributed by atoms with Gasteiger partial charge in [0.05, 0.1) is 32.3 Å². The molecule has 2 aliphatic rings. The van der Waals surface area contributed by atoms with E-state index in [1.807, 2.05) is 24.3 Å². The summed E-state index contributed by atoms with van der Waals surface area (Å²) < 4.78 is 55.4. The van der Waals surface area contributed by atoms with E-state index in [4.69, 9.17) is 14.2 Å². The molecule has 0 bridgehead atoms. The molecule has 2 fully saturated rings. The molecule has 0 aliphatic heterocycles. The highest BCUT2D eigenvalue weighted by Crippen LogP contribution is 2.45. The van der Waals surface area contributed by atoms with Crippen molar-refractivity contribution >= 4 is 5.97 Å². The summed E-state index contributed by atoms with van der Waals surface area (Å²) in [5.74, 6) is 1.53. The number of rotatable bonds is 12. The molecule has 1 atom stereocenters. The molecule has 1 unspecified atom stereocenters. The fourth-order valence-corrected chi connectivity index (χ4v) is 4.96. The second-order valence-corrected chi connectivity index (χ2v) is 9.94. The minimum absolute atomic E-state index is 0.0205. The highest BCUT2D eigenvalue weighted by atomic mass is 19.4. The molecule has 0 amide bonds. The molecule has 2 saturated carbocycles. The number of alkyl halides is 3. The van der Waals surface area contributed by atoms with Crippen LogP contribution in [0.25, 0.3) is 0 Å². The standard InChI is InChI=1S/C28H34F3NO5/c1-35-23-8-7-20(16-32-17-28(29,30)31)26(14-23)37-22-11-9-21(10-12-22)36-24-4-2-3-19(13-24)25(15-27(33)34)18-5-6-18/h2-4,7-8,13-14,18,21-22,25,32H,5-6,9-12,15-17H2,1H3,(H,33,34). The van der Waals surface area contributed by atoms with Gasteiger partial charge in [-0.25, -0.2) is 0 Å². The number of carboxylic acid groups (broad SMARTS) is 1. The maximum Gasteiger partial charge on any atom is 0.401 e. The predicted molar refractivity (Wildman–Crippen MR) is 132 cm³/mol. The average molecular weight is 522 g/mol. The smallest absolute Gasteiger partial charge is 0.401 e. The minimum Gasteiger partial charge on any atom is -0.497 e. The number of benzene rings is 2. The third-order valence-electron chi connectivity index (χ3n) is 7.00. The maximum absolute atomic E-state index is 12.5. The van der Waals surface area contributed by atoms with Gasteiger partial charge in [-0.3, -0.25) is 4.79 Å². The summed E-state index contributed by atoms with van der Waals surface area (Å²) in [6.07, 6.45) is 1.00. The molecule has 0 aromatic heterocycles. The Morgan fingerprint density at radius 2 is 1.70 bits per heavy atom. The van der Waals surface area contributed by atoms with Crippen LogP contribution in [0.1, 0.15) is 62.0 Å². The van der Waals surface area contributed by atoms with Crippen LogP contribution in [0.3, 0.4) is 0 Å². The van der Waals surface area contributed by atoms with Crippen LogP contribution in [-0.2, 0) is 11.3 Å². The number of halogens is 3. The Balaban J connectivity index is 1.32. The van der Waals surface area contributed by atoms with Crippen LogP contribution in [0.2, 0.25) is 0 Å². The summed E-state index contributed by atoms with van der Waals surface area (Å²) in [5.41, 5.74) is 1.66. The van der Waals surface area contributed by atoms with Crippen molar-refractivity contribution in [2.24, 2.45) is 5.92 Å². The minimum atomic E-state index is -4.28. The number of carboxylic acids is 1. The summed E-state index contributed by atoms with van der Waals surface area (Å²) in [4.78, 5) is 11.3. The summed E-state index contributed by atoms with van der Waals surface area (Å²) in [5, 5.41) is 11.7. The fourth-order valence-electron chi connectivity index (χ4n) is 4.96. The summed E-state index contributed by atoms with van der Waals surface area (Å²) in [6, 6.07) is 12.9.